The first-order valence-electron chi connectivity index (χ1n) is 5.82. The molecule has 0 atom stereocenters. The molecule has 2 heterocycles. The van der Waals surface area contributed by atoms with Gasteiger partial charge in [0.05, 0.1) is 5.39 Å². The van der Waals surface area contributed by atoms with E-state index in [1.54, 1.807) is 11.3 Å². The molecule has 0 unspecified atom stereocenters. The molecular formula is C12H14ClN3S. The first-order valence-corrected chi connectivity index (χ1v) is 7.01. The van der Waals surface area contributed by atoms with Crippen molar-refractivity contribution < 1.29 is 0 Å². The van der Waals surface area contributed by atoms with Crippen molar-refractivity contribution in [2.45, 2.75) is 25.7 Å². The highest BCUT2D eigenvalue weighted by Gasteiger charge is 2.20. The molecule has 0 bridgehead atoms. The minimum Gasteiger partial charge on any atom is -0.347 e. The molecule has 5 heteroatoms. The molecule has 2 aromatic heterocycles. The van der Waals surface area contributed by atoms with Crippen molar-refractivity contribution >= 4 is 39.1 Å². The smallest absolute Gasteiger partial charge is 0.227 e. The summed E-state index contributed by atoms with van der Waals surface area (Å²) >= 11 is 8.10. The Morgan fingerprint density at radius 1 is 1.18 bits per heavy atom. The van der Waals surface area contributed by atoms with Crippen LogP contribution in [0.2, 0.25) is 5.15 Å². The van der Waals surface area contributed by atoms with Crippen LogP contribution < -0.4 is 4.90 Å². The Morgan fingerprint density at radius 2 is 1.94 bits per heavy atom. The molecule has 0 saturated heterocycles. The first-order chi connectivity index (χ1) is 8.16. The largest absolute Gasteiger partial charge is 0.347 e. The zero-order chi connectivity index (χ0) is 12.0. The van der Waals surface area contributed by atoms with Crippen LogP contribution in [-0.2, 0) is 12.8 Å². The average molecular weight is 268 g/mol. The van der Waals surface area contributed by atoms with Crippen LogP contribution in [0.1, 0.15) is 23.3 Å². The van der Waals surface area contributed by atoms with E-state index in [0.29, 0.717) is 11.1 Å². The summed E-state index contributed by atoms with van der Waals surface area (Å²) in [6.45, 7) is 0. The van der Waals surface area contributed by atoms with Gasteiger partial charge in [-0.3, -0.25) is 0 Å². The molecule has 90 valence electrons. The van der Waals surface area contributed by atoms with Crippen molar-refractivity contribution in [3.63, 3.8) is 0 Å². The van der Waals surface area contributed by atoms with Crippen LogP contribution >= 0.6 is 22.9 Å². The third-order valence-corrected chi connectivity index (χ3v) is 4.62. The molecule has 0 amide bonds. The minimum atomic E-state index is 0.609. The summed E-state index contributed by atoms with van der Waals surface area (Å²) in [6.07, 6.45) is 4.83. The SMILES string of the molecule is CN(C)c1nc(Cl)c2c3c(sc2n1)CCCC3. The monoisotopic (exact) mass is 267 g/mol. The molecule has 1 aliphatic carbocycles. The van der Waals surface area contributed by atoms with E-state index >= 15 is 0 Å². The lowest BCUT2D eigenvalue weighted by atomic mass is 9.97. The molecule has 0 spiro atoms. The Bertz CT molecular complexity index is 577. The molecule has 3 nitrogen and oxygen atoms in total. The Hall–Kier alpha value is -0.870. The van der Waals surface area contributed by atoms with Crippen molar-refractivity contribution in [2.24, 2.45) is 0 Å². The lowest BCUT2D eigenvalue weighted by molar-refractivity contribution is 0.700. The fourth-order valence-electron chi connectivity index (χ4n) is 2.30. The lowest BCUT2D eigenvalue weighted by Gasteiger charge is -2.12. The van der Waals surface area contributed by atoms with E-state index in [0.717, 1.165) is 16.6 Å². The minimum absolute atomic E-state index is 0.609. The summed E-state index contributed by atoms with van der Waals surface area (Å²) in [6, 6.07) is 0. The second-order valence-corrected chi connectivity index (χ2v) is 6.04. The van der Waals surface area contributed by atoms with Crippen LogP contribution in [0.3, 0.4) is 0 Å². The molecular weight excluding hydrogens is 254 g/mol. The van der Waals surface area contributed by atoms with E-state index in [9.17, 15) is 0 Å². The molecule has 1 aliphatic rings. The van der Waals surface area contributed by atoms with E-state index in [-0.39, 0.29) is 0 Å². The number of fused-ring (bicyclic) bond motifs is 3. The predicted molar refractivity (Wildman–Crippen MR) is 73.4 cm³/mol. The van der Waals surface area contributed by atoms with Crippen LogP contribution in [0.4, 0.5) is 5.95 Å². The highest BCUT2D eigenvalue weighted by Crippen LogP contribution is 2.38. The summed E-state index contributed by atoms with van der Waals surface area (Å²) in [5, 5.41) is 1.70. The molecule has 17 heavy (non-hydrogen) atoms. The number of aromatic nitrogens is 2. The average Bonchev–Trinajstić information content (AvgIpc) is 2.67. The van der Waals surface area contributed by atoms with E-state index < -0.39 is 0 Å². The summed E-state index contributed by atoms with van der Waals surface area (Å²) in [7, 11) is 3.87. The molecule has 3 rings (SSSR count). The van der Waals surface area contributed by atoms with Gasteiger partial charge in [-0.15, -0.1) is 11.3 Å². The van der Waals surface area contributed by atoms with Crippen molar-refractivity contribution in [1.82, 2.24) is 9.97 Å². The van der Waals surface area contributed by atoms with Crippen molar-refractivity contribution in [3.8, 4) is 0 Å². The summed E-state index contributed by atoms with van der Waals surface area (Å²) in [4.78, 5) is 13.3. The molecule has 0 saturated carbocycles. The topological polar surface area (TPSA) is 29.0 Å². The third-order valence-electron chi connectivity index (χ3n) is 3.16. The van der Waals surface area contributed by atoms with Crippen molar-refractivity contribution in [3.05, 3.63) is 15.6 Å². The van der Waals surface area contributed by atoms with Crippen LogP contribution in [0.15, 0.2) is 0 Å². The van der Waals surface area contributed by atoms with Gasteiger partial charge in [0.1, 0.15) is 9.98 Å². The quantitative estimate of drug-likeness (QED) is 0.743. The number of rotatable bonds is 1. The summed E-state index contributed by atoms with van der Waals surface area (Å²) in [5.74, 6) is 0.695. The number of anilines is 1. The summed E-state index contributed by atoms with van der Waals surface area (Å²) < 4.78 is 0. The third kappa shape index (κ3) is 1.79. The molecule has 0 fully saturated rings. The molecule has 0 N–H and O–H groups in total. The normalized spacial score (nSPS) is 15.0. The lowest BCUT2D eigenvalue weighted by Crippen LogP contribution is -2.12. The zero-order valence-corrected chi connectivity index (χ0v) is 11.5. The molecule has 0 radical (unpaired) electrons. The maximum atomic E-state index is 6.31. The Labute approximate surface area is 109 Å². The second-order valence-electron chi connectivity index (χ2n) is 4.60. The highest BCUT2D eigenvalue weighted by molar-refractivity contribution is 7.19. The number of hydrogen-bond donors (Lipinski definition) is 0. The van der Waals surface area contributed by atoms with E-state index in [4.69, 9.17) is 11.6 Å². The fourth-order valence-corrected chi connectivity index (χ4v) is 3.89. The van der Waals surface area contributed by atoms with Crippen LogP contribution in [0.25, 0.3) is 10.2 Å². The van der Waals surface area contributed by atoms with Gasteiger partial charge in [0, 0.05) is 19.0 Å². The maximum Gasteiger partial charge on any atom is 0.227 e. The van der Waals surface area contributed by atoms with Gasteiger partial charge in [0.2, 0.25) is 5.95 Å². The number of hydrogen-bond acceptors (Lipinski definition) is 4. The maximum absolute atomic E-state index is 6.31. The van der Waals surface area contributed by atoms with Crippen LogP contribution in [0.5, 0.6) is 0 Å². The number of thiophene rings is 1. The Morgan fingerprint density at radius 3 is 2.71 bits per heavy atom. The van der Waals surface area contributed by atoms with Gasteiger partial charge in [-0.1, -0.05) is 11.6 Å². The van der Waals surface area contributed by atoms with Gasteiger partial charge in [-0.25, -0.2) is 9.97 Å². The molecule has 0 aliphatic heterocycles. The fraction of sp³-hybridized carbons (Fsp3) is 0.500. The highest BCUT2D eigenvalue weighted by atomic mass is 35.5. The van der Waals surface area contributed by atoms with Gasteiger partial charge >= 0.3 is 0 Å². The Balaban J connectivity index is 2.27. The van der Waals surface area contributed by atoms with Gasteiger partial charge in [0.15, 0.2) is 0 Å². The number of halogens is 1. The Kier molecular flexibility index (Phi) is 2.71. The molecule has 0 aromatic carbocycles. The van der Waals surface area contributed by atoms with Crippen molar-refractivity contribution in [2.75, 3.05) is 19.0 Å². The van der Waals surface area contributed by atoms with Gasteiger partial charge < -0.3 is 4.90 Å². The summed E-state index contributed by atoms with van der Waals surface area (Å²) in [5.41, 5.74) is 1.39. The number of aryl methyl sites for hydroxylation is 2. The van der Waals surface area contributed by atoms with Crippen molar-refractivity contribution in [1.29, 1.82) is 0 Å². The van der Waals surface area contributed by atoms with Gasteiger partial charge in [-0.05, 0) is 31.2 Å². The van der Waals surface area contributed by atoms with Gasteiger partial charge in [-0.2, -0.15) is 0 Å². The van der Waals surface area contributed by atoms with Crippen LogP contribution in [0, 0.1) is 0 Å². The van der Waals surface area contributed by atoms with E-state index in [2.05, 4.69) is 9.97 Å². The van der Waals surface area contributed by atoms with E-state index in [1.807, 2.05) is 19.0 Å². The van der Waals surface area contributed by atoms with E-state index in [1.165, 1.54) is 29.7 Å². The van der Waals surface area contributed by atoms with Crippen LogP contribution in [-0.4, -0.2) is 24.1 Å². The number of nitrogens with zero attached hydrogens (tertiary/aromatic N) is 3. The zero-order valence-electron chi connectivity index (χ0n) is 9.96. The predicted octanol–water partition coefficient (Wildman–Crippen LogP) is 3.29. The standard InChI is InChI=1S/C12H14ClN3S/c1-16(2)12-14-10(13)9-7-5-3-4-6-8(7)17-11(9)15-12/h3-6H2,1-2H3. The molecule has 2 aromatic rings. The first kappa shape index (κ1) is 11.2. The second kappa shape index (κ2) is 4.10. The van der Waals surface area contributed by atoms with Gasteiger partial charge in [0.25, 0.3) is 0 Å².